The van der Waals surface area contributed by atoms with Gasteiger partial charge < -0.3 is 40.8 Å². The predicted molar refractivity (Wildman–Crippen MR) is 249 cm³/mol. The van der Waals surface area contributed by atoms with Gasteiger partial charge in [-0.05, 0) is 140 Å². The first-order chi connectivity index (χ1) is 29.7. The van der Waals surface area contributed by atoms with Crippen LogP contribution in [0.1, 0.15) is 112 Å². The van der Waals surface area contributed by atoms with Gasteiger partial charge in [-0.25, -0.2) is 14.5 Å². The summed E-state index contributed by atoms with van der Waals surface area (Å²) in [5, 5.41) is 18.5. The summed E-state index contributed by atoms with van der Waals surface area (Å²) >= 11 is 2.18. The fraction of sp³-hybridized carbons (Fsp3) is 0.556. The lowest BCUT2D eigenvalue weighted by atomic mass is 10.1. The monoisotopic (exact) mass is 1010 g/mol. The number of amides is 6. The molecule has 2 atom stereocenters. The third-order valence-electron chi connectivity index (χ3n) is 8.53. The standard InChI is InChI=1S/C45H67IN8O10/c1-43(2,3)62-37(57)26-34(39(59)53(28-30-17-11-10-12-18-30)29-31-19-15-20-32(46)25-31)51-36(56)27-49-38(58)33(50-35(55)22-13-14-23-47)21-16-24-54(42(61)64-45(7,8)9)40(48)52-41(60)63-44(4,5)6/h10-12,15,17-20,25,33-34H,13-14,16,21-24,26-29,47H2,1-9H3,(H,49,58)(H,50,55)(H,51,56)(H2,48,52,60)/t33-,34-/m0/s1. The van der Waals surface area contributed by atoms with E-state index in [1.54, 1.807) is 62.3 Å². The van der Waals surface area contributed by atoms with Crippen LogP contribution in [0.4, 0.5) is 9.59 Å². The summed E-state index contributed by atoms with van der Waals surface area (Å²) in [6.45, 7) is 14.7. The Kier molecular flexibility index (Phi) is 22.1. The van der Waals surface area contributed by atoms with Crippen LogP contribution in [-0.4, -0.2) is 106 Å². The highest BCUT2D eigenvalue weighted by atomic mass is 127. The lowest BCUT2D eigenvalue weighted by Crippen LogP contribution is -2.53. The maximum Gasteiger partial charge on any atom is 0.417 e. The fourth-order valence-electron chi connectivity index (χ4n) is 5.88. The van der Waals surface area contributed by atoms with Gasteiger partial charge in [-0.15, -0.1) is 0 Å². The molecule has 0 heterocycles. The van der Waals surface area contributed by atoms with Crippen molar-refractivity contribution >= 4 is 70.3 Å². The van der Waals surface area contributed by atoms with Crippen LogP contribution in [0, 0.1) is 8.98 Å². The quantitative estimate of drug-likeness (QED) is 0.0250. The number of carbonyl (C=O) groups excluding carboxylic acids is 7. The van der Waals surface area contributed by atoms with Crippen molar-refractivity contribution in [3.63, 3.8) is 0 Å². The van der Waals surface area contributed by atoms with E-state index in [0.29, 0.717) is 19.4 Å². The first-order valence-corrected chi connectivity index (χ1v) is 22.3. The van der Waals surface area contributed by atoms with Crippen LogP contribution in [0.3, 0.4) is 0 Å². The molecule has 0 spiro atoms. The molecule has 0 aliphatic heterocycles. The van der Waals surface area contributed by atoms with E-state index < -0.39 is 89.6 Å². The average Bonchev–Trinajstić information content (AvgIpc) is 3.15. The Morgan fingerprint density at radius 2 is 1.33 bits per heavy atom. The number of benzene rings is 2. The molecule has 6 amide bonds. The number of guanidine groups is 1. The SMILES string of the molecule is CC(C)(C)OC(=O)C[C@H](NC(=O)CNC(=O)[C@H](CCCN(C(=N)NC(=O)OC(C)(C)C)C(=O)OC(C)(C)C)NC(=O)CCCCN)C(=O)N(Cc1ccccc1)Cc1cccc(I)c1. The summed E-state index contributed by atoms with van der Waals surface area (Å²) in [5.41, 5.74) is 4.51. The van der Waals surface area contributed by atoms with Gasteiger partial charge in [0.25, 0.3) is 0 Å². The van der Waals surface area contributed by atoms with E-state index in [0.717, 1.165) is 19.6 Å². The number of hydrogen-bond acceptors (Lipinski definition) is 12. The molecule has 0 radical (unpaired) electrons. The average molecular weight is 1010 g/mol. The molecule has 0 aliphatic carbocycles. The van der Waals surface area contributed by atoms with E-state index in [2.05, 4.69) is 43.9 Å². The number of alkyl carbamates (subject to hydrolysis) is 1. The number of carbonyl (C=O) groups is 7. The van der Waals surface area contributed by atoms with Gasteiger partial charge in [-0.2, -0.15) is 0 Å². The number of nitrogens with one attached hydrogen (secondary N) is 5. The molecule has 0 saturated heterocycles. The van der Waals surface area contributed by atoms with Gasteiger partial charge in [0.15, 0.2) is 0 Å². The lowest BCUT2D eigenvalue weighted by Gasteiger charge is -2.29. The molecule has 2 aromatic carbocycles. The molecule has 2 rings (SSSR count). The van der Waals surface area contributed by atoms with Crippen molar-refractivity contribution < 1.29 is 47.8 Å². The number of nitrogens with two attached hydrogens (primary N) is 1. The highest BCUT2D eigenvalue weighted by Crippen LogP contribution is 2.18. The zero-order valence-corrected chi connectivity index (χ0v) is 40.7. The van der Waals surface area contributed by atoms with Crippen molar-refractivity contribution in [2.24, 2.45) is 5.73 Å². The van der Waals surface area contributed by atoms with Gasteiger partial charge in [0.2, 0.25) is 29.6 Å². The number of ether oxygens (including phenoxy) is 3. The normalized spacial score (nSPS) is 12.4. The zero-order chi connectivity index (χ0) is 48.3. The summed E-state index contributed by atoms with van der Waals surface area (Å²) in [5.74, 6) is -3.93. The van der Waals surface area contributed by atoms with Crippen LogP contribution in [0.25, 0.3) is 0 Å². The largest absolute Gasteiger partial charge is 0.460 e. The maximum atomic E-state index is 14.4. The van der Waals surface area contributed by atoms with E-state index in [1.165, 1.54) is 4.90 Å². The van der Waals surface area contributed by atoms with Crippen molar-refractivity contribution in [3.05, 3.63) is 69.3 Å². The smallest absolute Gasteiger partial charge is 0.417 e. The van der Waals surface area contributed by atoms with Crippen molar-refractivity contribution in [1.29, 1.82) is 5.41 Å². The third-order valence-corrected chi connectivity index (χ3v) is 9.20. The molecule has 0 aromatic heterocycles. The van der Waals surface area contributed by atoms with Gasteiger partial charge in [0, 0.05) is 29.6 Å². The first-order valence-electron chi connectivity index (χ1n) is 21.2. The van der Waals surface area contributed by atoms with E-state index in [1.807, 2.05) is 54.6 Å². The lowest BCUT2D eigenvalue weighted by molar-refractivity contribution is -0.157. The van der Waals surface area contributed by atoms with Crippen LogP contribution >= 0.6 is 22.6 Å². The molecule has 2 aromatic rings. The van der Waals surface area contributed by atoms with Gasteiger partial charge in [-0.1, -0.05) is 42.5 Å². The van der Waals surface area contributed by atoms with Crippen molar-refractivity contribution in [2.45, 2.75) is 143 Å². The minimum atomic E-state index is -1.38. The molecule has 19 heteroatoms. The van der Waals surface area contributed by atoms with E-state index >= 15 is 0 Å². The highest BCUT2D eigenvalue weighted by molar-refractivity contribution is 14.1. The predicted octanol–water partition coefficient (Wildman–Crippen LogP) is 5.24. The topological polar surface area (TPSA) is 252 Å². The molecule has 0 unspecified atom stereocenters. The number of hydrogen-bond donors (Lipinski definition) is 6. The summed E-state index contributed by atoms with van der Waals surface area (Å²) in [7, 11) is 0. The Hall–Kier alpha value is -5.31. The van der Waals surface area contributed by atoms with Crippen molar-refractivity contribution in [1.82, 2.24) is 31.1 Å². The summed E-state index contributed by atoms with van der Waals surface area (Å²) < 4.78 is 17.2. The van der Waals surface area contributed by atoms with Crippen LogP contribution in [0.5, 0.6) is 0 Å². The van der Waals surface area contributed by atoms with E-state index in [-0.39, 0.29) is 38.9 Å². The van der Waals surface area contributed by atoms with Gasteiger partial charge in [0.1, 0.15) is 28.9 Å². The minimum Gasteiger partial charge on any atom is -0.460 e. The summed E-state index contributed by atoms with van der Waals surface area (Å²) in [4.78, 5) is 95.9. The molecule has 7 N–H and O–H groups in total. The molecular formula is C45H67IN8O10. The number of nitrogens with zero attached hydrogens (tertiary/aromatic N) is 2. The second-order valence-corrected chi connectivity index (χ2v) is 19.3. The molecule has 64 heavy (non-hydrogen) atoms. The molecule has 0 aliphatic rings. The van der Waals surface area contributed by atoms with Gasteiger partial charge >= 0.3 is 18.2 Å². The maximum absolute atomic E-state index is 14.4. The second-order valence-electron chi connectivity index (χ2n) is 18.1. The van der Waals surface area contributed by atoms with E-state index in [9.17, 15) is 33.6 Å². The fourth-order valence-corrected chi connectivity index (χ4v) is 6.48. The minimum absolute atomic E-state index is 0.00909. The second kappa shape index (κ2) is 25.8. The van der Waals surface area contributed by atoms with Crippen molar-refractivity contribution in [2.75, 3.05) is 19.6 Å². The first kappa shape index (κ1) is 54.8. The van der Waals surface area contributed by atoms with Gasteiger partial charge in [-0.3, -0.25) is 34.7 Å². The number of halogens is 1. The Labute approximate surface area is 390 Å². The highest BCUT2D eigenvalue weighted by Gasteiger charge is 2.32. The number of unbranched alkanes of at least 4 members (excludes halogenated alkanes) is 1. The van der Waals surface area contributed by atoms with Gasteiger partial charge in [0.05, 0.1) is 13.0 Å². The molecule has 0 saturated carbocycles. The zero-order valence-electron chi connectivity index (χ0n) is 38.6. The molecule has 0 bridgehead atoms. The van der Waals surface area contributed by atoms with Crippen LogP contribution < -0.4 is 27.0 Å². The third kappa shape index (κ3) is 22.9. The van der Waals surface area contributed by atoms with Crippen LogP contribution in [0.2, 0.25) is 0 Å². The molecule has 354 valence electrons. The summed E-state index contributed by atoms with van der Waals surface area (Å²) in [6, 6.07) is 14.2. The number of rotatable bonds is 20. The Morgan fingerprint density at radius 1 is 0.734 bits per heavy atom. The molecule has 0 fully saturated rings. The molecular weight excluding hydrogens is 939 g/mol. The Bertz CT molecular complexity index is 1910. The van der Waals surface area contributed by atoms with Crippen LogP contribution in [0.15, 0.2) is 54.6 Å². The Morgan fingerprint density at radius 3 is 1.92 bits per heavy atom. The Balaban J connectivity index is 2.33. The van der Waals surface area contributed by atoms with Crippen molar-refractivity contribution in [3.8, 4) is 0 Å². The van der Waals surface area contributed by atoms with E-state index in [4.69, 9.17) is 25.4 Å². The summed E-state index contributed by atoms with van der Waals surface area (Å²) in [6.07, 6.45) is -1.41. The van der Waals surface area contributed by atoms with Crippen LogP contribution in [-0.2, 0) is 51.3 Å². The number of esters is 1. The molecule has 18 nitrogen and oxygen atoms in total.